The van der Waals surface area contributed by atoms with Crippen LogP contribution in [-0.2, 0) is 6.18 Å². The second-order valence-corrected chi connectivity index (χ2v) is 6.24. The van der Waals surface area contributed by atoms with Crippen molar-refractivity contribution in [3.63, 3.8) is 0 Å². The molecule has 2 aliphatic heterocycles. The highest BCUT2D eigenvalue weighted by Gasteiger charge is 2.36. The van der Waals surface area contributed by atoms with Crippen molar-refractivity contribution in [1.29, 1.82) is 0 Å². The van der Waals surface area contributed by atoms with Crippen molar-refractivity contribution in [2.75, 3.05) is 18.4 Å². The minimum Gasteiger partial charge on any atom is -0.381 e. The fraction of sp³-hybridized carbons (Fsp3) is 0.600. The molecule has 2 unspecified atom stereocenters. The van der Waals surface area contributed by atoms with Crippen molar-refractivity contribution in [3.05, 3.63) is 28.8 Å². The van der Waals surface area contributed by atoms with Crippen LogP contribution in [0.5, 0.6) is 0 Å². The Hall–Kier alpha value is -0.940. The Kier molecular flexibility index (Phi) is 4.06. The number of anilines is 1. The molecule has 1 aromatic carbocycles. The second-order valence-electron chi connectivity index (χ2n) is 5.83. The molecule has 0 amide bonds. The average molecular weight is 319 g/mol. The van der Waals surface area contributed by atoms with E-state index in [0.29, 0.717) is 11.7 Å². The molecule has 1 aromatic rings. The zero-order valence-electron chi connectivity index (χ0n) is 11.6. The molecule has 2 nitrogen and oxygen atoms in total. The van der Waals surface area contributed by atoms with E-state index in [4.69, 9.17) is 11.6 Å². The predicted octanol–water partition coefficient (Wildman–Crippen LogP) is 4.40. The number of halogens is 4. The van der Waals surface area contributed by atoms with Gasteiger partial charge < -0.3 is 5.32 Å². The van der Waals surface area contributed by atoms with Gasteiger partial charge in [-0.15, -0.1) is 0 Å². The number of fused-ring (bicyclic) bond motifs is 1. The Morgan fingerprint density at radius 2 is 1.95 bits per heavy atom. The van der Waals surface area contributed by atoms with Gasteiger partial charge in [0.2, 0.25) is 0 Å². The van der Waals surface area contributed by atoms with E-state index in [0.717, 1.165) is 32.0 Å². The van der Waals surface area contributed by atoms with Gasteiger partial charge in [0.15, 0.2) is 0 Å². The first-order chi connectivity index (χ1) is 9.95. The molecule has 0 spiro atoms. The van der Waals surface area contributed by atoms with Gasteiger partial charge in [0.1, 0.15) is 0 Å². The van der Waals surface area contributed by atoms with Crippen LogP contribution in [0.25, 0.3) is 0 Å². The third-order valence-electron chi connectivity index (χ3n) is 4.48. The van der Waals surface area contributed by atoms with E-state index in [-0.39, 0.29) is 11.1 Å². The lowest BCUT2D eigenvalue weighted by atomic mass is 9.99. The Morgan fingerprint density at radius 3 is 2.71 bits per heavy atom. The molecule has 0 aromatic heterocycles. The molecular formula is C15H18ClF3N2. The summed E-state index contributed by atoms with van der Waals surface area (Å²) in [7, 11) is 0. The highest BCUT2D eigenvalue weighted by Crippen LogP contribution is 2.37. The van der Waals surface area contributed by atoms with Crippen molar-refractivity contribution in [3.8, 4) is 0 Å². The Morgan fingerprint density at radius 1 is 1.14 bits per heavy atom. The molecule has 6 heteroatoms. The van der Waals surface area contributed by atoms with Crippen LogP contribution >= 0.6 is 11.6 Å². The van der Waals surface area contributed by atoms with Crippen LogP contribution in [-0.4, -0.2) is 30.1 Å². The van der Waals surface area contributed by atoms with Crippen molar-refractivity contribution >= 4 is 17.3 Å². The molecule has 2 fully saturated rings. The summed E-state index contributed by atoms with van der Waals surface area (Å²) in [5.74, 6) is 0. The molecule has 2 aliphatic rings. The van der Waals surface area contributed by atoms with Gasteiger partial charge in [-0.2, -0.15) is 13.2 Å². The van der Waals surface area contributed by atoms with E-state index in [9.17, 15) is 13.2 Å². The van der Waals surface area contributed by atoms with Crippen molar-refractivity contribution in [2.45, 2.75) is 43.9 Å². The number of piperidine rings is 1. The third-order valence-corrected chi connectivity index (χ3v) is 4.81. The van der Waals surface area contributed by atoms with Gasteiger partial charge in [-0.05, 0) is 44.0 Å². The Balaban J connectivity index is 1.76. The fourth-order valence-electron chi connectivity index (χ4n) is 3.46. The van der Waals surface area contributed by atoms with Gasteiger partial charge >= 0.3 is 6.18 Å². The lowest BCUT2D eigenvalue weighted by Crippen LogP contribution is -2.41. The van der Waals surface area contributed by atoms with Gasteiger partial charge in [0.05, 0.1) is 10.6 Å². The van der Waals surface area contributed by atoms with E-state index in [1.807, 2.05) is 0 Å². The molecular weight excluding hydrogens is 301 g/mol. The molecule has 0 saturated carbocycles. The summed E-state index contributed by atoms with van der Waals surface area (Å²) in [6, 6.07) is 4.74. The summed E-state index contributed by atoms with van der Waals surface area (Å²) in [6.07, 6.45) is 0.115. The number of hydrogen-bond acceptors (Lipinski definition) is 2. The van der Waals surface area contributed by atoms with E-state index in [1.54, 1.807) is 6.07 Å². The van der Waals surface area contributed by atoms with Crippen molar-refractivity contribution < 1.29 is 13.2 Å². The number of benzene rings is 1. The maximum Gasteiger partial charge on any atom is 0.417 e. The average Bonchev–Trinajstić information content (AvgIpc) is 2.83. The Labute approximate surface area is 127 Å². The molecule has 2 atom stereocenters. The van der Waals surface area contributed by atoms with Crippen LogP contribution in [0, 0.1) is 0 Å². The molecule has 3 rings (SSSR count). The minimum atomic E-state index is -4.42. The van der Waals surface area contributed by atoms with Gasteiger partial charge in [0, 0.05) is 24.3 Å². The van der Waals surface area contributed by atoms with E-state index >= 15 is 0 Å². The molecule has 0 radical (unpaired) electrons. The maximum atomic E-state index is 12.9. The summed E-state index contributed by atoms with van der Waals surface area (Å²) in [5, 5.41) is 3.03. The standard InChI is InChI=1S/C15H18ClF3N2/c16-12-5-4-10(9-11(12)15(17,18)19)20-13-6-8-21-7-2-1-3-14(13)21/h4-5,9,13-14,20H,1-3,6-8H2. The molecule has 116 valence electrons. The van der Waals surface area contributed by atoms with Crippen LogP contribution in [0.1, 0.15) is 31.2 Å². The second kappa shape index (κ2) is 5.69. The quantitative estimate of drug-likeness (QED) is 0.869. The molecule has 0 bridgehead atoms. The zero-order chi connectivity index (χ0) is 15.0. The minimum absolute atomic E-state index is 0.229. The molecule has 1 N–H and O–H groups in total. The van der Waals surface area contributed by atoms with Crippen LogP contribution in [0.15, 0.2) is 18.2 Å². The molecule has 2 heterocycles. The van der Waals surface area contributed by atoms with Crippen LogP contribution in [0.3, 0.4) is 0 Å². The summed E-state index contributed by atoms with van der Waals surface area (Å²) in [6.45, 7) is 2.14. The van der Waals surface area contributed by atoms with Gasteiger partial charge in [-0.1, -0.05) is 18.0 Å². The van der Waals surface area contributed by atoms with E-state index < -0.39 is 11.7 Å². The number of nitrogens with zero attached hydrogens (tertiary/aromatic N) is 1. The third kappa shape index (κ3) is 3.14. The van der Waals surface area contributed by atoms with E-state index in [2.05, 4.69) is 10.2 Å². The van der Waals surface area contributed by atoms with E-state index in [1.165, 1.54) is 18.9 Å². The Bertz CT molecular complexity index is 518. The topological polar surface area (TPSA) is 15.3 Å². The molecule has 21 heavy (non-hydrogen) atoms. The van der Waals surface area contributed by atoms with Crippen LogP contribution < -0.4 is 5.32 Å². The van der Waals surface area contributed by atoms with Crippen LogP contribution in [0.2, 0.25) is 5.02 Å². The maximum absolute atomic E-state index is 12.9. The van der Waals surface area contributed by atoms with Gasteiger partial charge in [-0.25, -0.2) is 0 Å². The zero-order valence-corrected chi connectivity index (χ0v) is 12.3. The monoisotopic (exact) mass is 318 g/mol. The predicted molar refractivity (Wildman–Crippen MR) is 77.7 cm³/mol. The van der Waals surface area contributed by atoms with Crippen molar-refractivity contribution in [2.24, 2.45) is 0 Å². The van der Waals surface area contributed by atoms with Crippen molar-refractivity contribution in [1.82, 2.24) is 4.90 Å². The first-order valence-corrected chi connectivity index (χ1v) is 7.70. The lowest BCUT2D eigenvalue weighted by Gasteiger charge is -2.33. The molecule has 0 aliphatic carbocycles. The largest absolute Gasteiger partial charge is 0.417 e. The van der Waals surface area contributed by atoms with Gasteiger partial charge in [-0.3, -0.25) is 4.90 Å². The highest BCUT2D eigenvalue weighted by atomic mass is 35.5. The normalized spacial score (nSPS) is 26.7. The summed E-state index contributed by atoms with van der Waals surface area (Å²) >= 11 is 5.65. The smallest absolute Gasteiger partial charge is 0.381 e. The highest BCUT2D eigenvalue weighted by molar-refractivity contribution is 6.31. The fourth-order valence-corrected chi connectivity index (χ4v) is 3.69. The number of alkyl halides is 3. The first kappa shape index (κ1) is 15.0. The summed E-state index contributed by atoms with van der Waals surface area (Å²) in [4.78, 5) is 2.45. The number of rotatable bonds is 2. The SMILES string of the molecule is FC(F)(F)c1cc(NC2CCN3CCCCC23)ccc1Cl. The number of hydrogen-bond donors (Lipinski definition) is 1. The summed E-state index contributed by atoms with van der Waals surface area (Å²) in [5.41, 5.74) is -0.267. The van der Waals surface area contributed by atoms with Crippen LogP contribution in [0.4, 0.5) is 18.9 Å². The lowest BCUT2D eigenvalue weighted by molar-refractivity contribution is -0.137. The summed E-state index contributed by atoms with van der Waals surface area (Å²) < 4.78 is 38.7. The first-order valence-electron chi connectivity index (χ1n) is 7.32. The van der Waals surface area contributed by atoms with Gasteiger partial charge in [0.25, 0.3) is 0 Å². The number of nitrogens with one attached hydrogen (secondary N) is 1. The molecule has 2 saturated heterocycles.